The molecular weight excluding hydrogens is 430 g/mol. The van der Waals surface area contributed by atoms with Gasteiger partial charge in [-0.15, -0.1) is 11.3 Å². The summed E-state index contributed by atoms with van der Waals surface area (Å²) < 4.78 is 11.0. The van der Waals surface area contributed by atoms with Crippen molar-refractivity contribution >= 4 is 28.6 Å². The number of nitro benzene ring substituents is 1. The van der Waals surface area contributed by atoms with E-state index in [1.165, 1.54) is 29.8 Å². The molecule has 0 saturated heterocycles. The summed E-state index contributed by atoms with van der Waals surface area (Å²) in [5, 5.41) is 15.7. The first kappa shape index (κ1) is 21.8. The van der Waals surface area contributed by atoms with Crippen molar-refractivity contribution in [1.29, 1.82) is 0 Å². The molecule has 3 aromatic rings. The topological polar surface area (TPSA) is 93.9 Å². The van der Waals surface area contributed by atoms with Gasteiger partial charge >= 0.3 is 0 Å². The van der Waals surface area contributed by atoms with E-state index in [2.05, 4.69) is 16.3 Å². The van der Waals surface area contributed by atoms with Gasteiger partial charge in [-0.3, -0.25) is 19.8 Å². The molecular formula is C23H23N3O5S. The lowest BCUT2D eigenvalue weighted by atomic mass is 9.91. The number of benzene rings is 2. The molecule has 4 rings (SSSR count). The second kappa shape index (κ2) is 9.37. The first-order valence-corrected chi connectivity index (χ1v) is 10.9. The van der Waals surface area contributed by atoms with Crippen molar-refractivity contribution in [2.24, 2.45) is 0 Å². The number of carbonyl (C=O) groups excluding carboxylic acids is 1. The number of hydrogen-bond acceptors (Lipinski definition) is 7. The Hall–Kier alpha value is -3.43. The van der Waals surface area contributed by atoms with E-state index in [0.29, 0.717) is 23.7 Å². The first-order chi connectivity index (χ1) is 15.5. The van der Waals surface area contributed by atoms with Crippen molar-refractivity contribution in [2.75, 3.05) is 32.6 Å². The van der Waals surface area contributed by atoms with Gasteiger partial charge in [-0.25, -0.2) is 0 Å². The van der Waals surface area contributed by atoms with Gasteiger partial charge in [0.25, 0.3) is 5.69 Å². The molecule has 0 saturated carbocycles. The third-order valence-electron chi connectivity index (χ3n) is 5.49. The lowest BCUT2D eigenvalue weighted by molar-refractivity contribution is -0.384. The first-order valence-electron chi connectivity index (χ1n) is 10.1. The van der Waals surface area contributed by atoms with Crippen molar-refractivity contribution in [3.8, 4) is 11.5 Å². The van der Waals surface area contributed by atoms with Crippen LogP contribution < -0.4 is 14.8 Å². The monoisotopic (exact) mass is 453 g/mol. The van der Waals surface area contributed by atoms with Crippen LogP contribution in [0.3, 0.4) is 0 Å². The molecule has 0 bridgehead atoms. The number of thiophene rings is 1. The molecule has 0 spiro atoms. The van der Waals surface area contributed by atoms with E-state index >= 15 is 0 Å². The van der Waals surface area contributed by atoms with Crippen LogP contribution in [0.4, 0.5) is 11.4 Å². The number of nitro groups is 1. The fraction of sp³-hybridized carbons (Fsp3) is 0.261. The summed E-state index contributed by atoms with van der Waals surface area (Å²) in [6.45, 7) is 0.895. The molecule has 1 aromatic heterocycles. The number of methoxy groups -OCH3 is 2. The Morgan fingerprint density at radius 2 is 1.91 bits per heavy atom. The Bertz CT molecular complexity index is 1120. The standard InChI is InChI=1S/C23H23N3O5S/c1-30-19-12-15-9-10-25(14-22(27)24-16-5-7-17(8-6-16)26(28)29)23(21-4-3-11-32-21)18(15)13-20(19)31-2/h3-8,11-13,23H,9-10,14H2,1-2H3,(H,24,27)/t23-/m1/s1. The van der Waals surface area contributed by atoms with Gasteiger partial charge in [-0.05, 0) is 53.3 Å². The van der Waals surface area contributed by atoms with Crippen LogP contribution in [0, 0.1) is 10.1 Å². The smallest absolute Gasteiger partial charge is 0.269 e. The molecule has 166 valence electrons. The van der Waals surface area contributed by atoms with Gasteiger partial charge in [0, 0.05) is 29.2 Å². The molecule has 9 heteroatoms. The van der Waals surface area contributed by atoms with Crippen LogP contribution in [0.15, 0.2) is 53.9 Å². The van der Waals surface area contributed by atoms with Gasteiger partial charge in [0.1, 0.15) is 0 Å². The van der Waals surface area contributed by atoms with E-state index in [4.69, 9.17) is 9.47 Å². The van der Waals surface area contributed by atoms with Gasteiger partial charge < -0.3 is 14.8 Å². The van der Waals surface area contributed by atoms with Crippen LogP contribution in [0.1, 0.15) is 22.0 Å². The lowest BCUT2D eigenvalue weighted by Gasteiger charge is -2.37. The molecule has 32 heavy (non-hydrogen) atoms. The summed E-state index contributed by atoms with van der Waals surface area (Å²) in [7, 11) is 3.24. The third-order valence-corrected chi connectivity index (χ3v) is 6.42. The van der Waals surface area contributed by atoms with Gasteiger partial charge in [0.2, 0.25) is 5.91 Å². The second-order valence-corrected chi connectivity index (χ2v) is 8.38. The van der Waals surface area contributed by atoms with E-state index in [0.717, 1.165) is 16.9 Å². The summed E-state index contributed by atoms with van der Waals surface area (Å²) >= 11 is 1.65. The Morgan fingerprint density at radius 3 is 2.53 bits per heavy atom. The minimum Gasteiger partial charge on any atom is -0.493 e. The van der Waals surface area contributed by atoms with E-state index in [-0.39, 0.29) is 24.2 Å². The minimum atomic E-state index is -0.467. The van der Waals surface area contributed by atoms with Crippen LogP contribution in [-0.4, -0.2) is 43.0 Å². The molecule has 2 heterocycles. The third kappa shape index (κ3) is 4.44. The molecule has 2 aromatic carbocycles. The predicted molar refractivity (Wildman–Crippen MR) is 123 cm³/mol. The molecule has 0 aliphatic carbocycles. The molecule has 1 atom stereocenters. The highest BCUT2D eigenvalue weighted by Crippen LogP contribution is 2.42. The molecule has 0 radical (unpaired) electrons. The van der Waals surface area contributed by atoms with E-state index < -0.39 is 4.92 Å². The van der Waals surface area contributed by atoms with Crippen molar-refractivity contribution < 1.29 is 19.2 Å². The number of amides is 1. The average Bonchev–Trinajstić information content (AvgIpc) is 3.32. The maximum absolute atomic E-state index is 12.8. The highest BCUT2D eigenvalue weighted by molar-refractivity contribution is 7.10. The molecule has 0 unspecified atom stereocenters. The largest absolute Gasteiger partial charge is 0.493 e. The summed E-state index contributed by atoms with van der Waals surface area (Å²) in [5.74, 6) is 1.18. The van der Waals surface area contributed by atoms with Gasteiger partial charge in [0.15, 0.2) is 11.5 Å². The van der Waals surface area contributed by atoms with Crippen LogP contribution in [0.25, 0.3) is 0 Å². The van der Waals surface area contributed by atoms with Crippen molar-refractivity contribution in [1.82, 2.24) is 4.90 Å². The zero-order chi connectivity index (χ0) is 22.7. The SMILES string of the molecule is COc1cc2c(cc1OC)[C@H](c1cccs1)N(CC(=O)Nc1ccc([N+](=O)[O-])cc1)CC2. The highest BCUT2D eigenvalue weighted by Gasteiger charge is 2.32. The number of carbonyl (C=O) groups is 1. The Labute approximate surface area is 189 Å². The maximum atomic E-state index is 12.8. The molecule has 1 amide bonds. The number of anilines is 1. The predicted octanol–water partition coefficient (Wildman–Crippen LogP) is 4.26. The van der Waals surface area contributed by atoms with Crippen LogP contribution >= 0.6 is 11.3 Å². The number of fused-ring (bicyclic) bond motifs is 1. The summed E-state index contributed by atoms with van der Waals surface area (Å²) in [4.78, 5) is 26.5. The molecule has 1 aliphatic rings. The van der Waals surface area contributed by atoms with Crippen LogP contribution in [0.5, 0.6) is 11.5 Å². The molecule has 0 fully saturated rings. The van der Waals surface area contributed by atoms with Crippen LogP contribution in [0.2, 0.25) is 0 Å². The Balaban J connectivity index is 1.58. The zero-order valence-electron chi connectivity index (χ0n) is 17.7. The van der Waals surface area contributed by atoms with Crippen LogP contribution in [-0.2, 0) is 11.2 Å². The Kier molecular flexibility index (Phi) is 6.38. The number of non-ortho nitro benzene ring substituents is 1. The second-order valence-electron chi connectivity index (χ2n) is 7.40. The van der Waals surface area contributed by atoms with Crippen molar-refractivity contribution in [3.05, 3.63) is 80.0 Å². The molecule has 8 nitrogen and oxygen atoms in total. The summed E-state index contributed by atoms with van der Waals surface area (Å²) in [6.07, 6.45) is 0.780. The van der Waals surface area contributed by atoms with Gasteiger partial charge in [-0.2, -0.15) is 0 Å². The van der Waals surface area contributed by atoms with Crippen molar-refractivity contribution in [2.45, 2.75) is 12.5 Å². The molecule has 1 N–H and O–H groups in total. The molecule has 1 aliphatic heterocycles. The van der Waals surface area contributed by atoms with Gasteiger partial charge in [-0.1, -0.05) is 6.07 Å². The number of rotatable bonds is 7. The number of nitrogens with one attached hydrogen (secondary N) is 1. The number of hydrogen-bond donors (Lipinski definition) is 1. The van der Waals surface area contributed by atoms with E-state index in [1.54, 1.807) is 25.6 Å². The summed E-state index contributed by atoms with van der Waals surface area (Å²) in [5.41, 5.74) is 2.78. The number of ether oxygens (including phenoxy) is 2. The average molecular weight is 454 g/mol. The fourth-order valence-electron chi connectivity index (χ4n) is 4.00. The number of nitrogens with zero attached hydrogens (tertiary/aromatic N) is 2. The fourth-order valence-corrected chi connectivity index (χ4v) is 4.88. The quantitative estimate of drug-likeness (QED) is 0.424. The minimum absolute atomic E-state index is 0.0160. The van der Waals surface area contributed by atoms with E-state index in [9.17, 15) is 14.9 Å². The summed E-state index contributed by atoms with van der Waals surface area (Å²) in [6, 6.07) is 13.8. The van der Waals surface area contributed by atoms with E-state index in [1.807, 2.05) is 23.6 Å². The zero-order valence-corrected chi connectivity index (χ0v) is 18.6. The van der Waals surface area contributed by atoms with Gasteiger partial charge in [0.05, 0.1) is 31.7 Å². The van der Waals surface area contributed by atoms with Crippen molar-refractivity contribution in [3.63, 3.8) is 0 Å². The highest BCUT2D eigenvalue weighted by atomic mass is 32.1. The maximum Gasteiger partial charge on any atom is 0.269 e. The normalized spacial score (nSPS) is 15.6. The lowest BCUT2D eigenvalue weighted by Crippen LogP contribution is -2.40. The Morgan fingerprint density at radius 1 is 1.19 bits per heavy atom.